The molecule has 0 radical (unpaired) electrons. The highest BCUT2D eigenvalue weighted by atomic mass is 16.5. The smallest absolute Gasteiger partial charge is 0.119 e. The number of hydrogen-bond acceptors (Lipinski definition) is 2. The number of benzene rings is 4. The molecular weight excluding hydrogens is 404 g/mol. The van der Waals surface area contributed by atoms with Gasteiger partial charge in [-0.3, -0.25) is 0 Å². The number of hydrogen-bond donors (Lipinski definition) is 0. The van der Waals surface area contributed by atoms with E-state index in [1.807, 2.05) is 0 Å². The number of aryl methyl sites for hydroxylation is 4. The molecule has 33 heavy (non-hydrogen) atoms. The summed E-state index contributed by atoms with van der Waals surface area (Å²) in [5, 5.41) is 0. The highest BCUT2D eigenvalue weighted by Gasteiger charge is 2.46. The second kappa shape index (κ2) is 7.81. The third kappa shape index (κ3) is 3.24. The zero-order valence-corrected chi connectivity index (χ0v) is 20.2. The summed E-state index contributed by atoms with van der Waals surface area (Å²) in [6.45, 7) is 8.62. The van der Waals surface area contributed by atoms with Crippen LogP contribution >= 0.6 is 0 Å². The minimum Gasteiger partial charge on any atom is -0.497 e. The zero-order valence-electron chi connectivity index (χ0n) is 20.2. The fraction of sp³-hybridized carbons (Fsp3) is 0.226. The molecule has 0 spiro atoms. The van der Waals surface area contributed by atoms with Gasteiger partial charge in [-0.15, -0.1) is 0 Å². The third-order valence-electron chi connectivity index (χ3n) is 6.89. The van der Waals surface area contributed by atoms with Gasteiger partial charge in [0, 0.05) is 0 Å². The zero-order chi connectivity index (χ0) is 23.3. The van der Waals surface area contributed by atoms with Crippen molar-refractivity contribution in [2.24, 2.45) is 0 Å². The summed E-state index contributed by atoms with van der Waals surface area (Å²) in [6.07, 6.45) is 0. The molecule has 166 valence electrons. The minimum atomic E-state index is -0.471. The van der Waals surface area contributed by atoms with Crippen LogP contribution in [0.3, 0.4) is 0 Å². The Morgan fingerprint density at radius 2 is 0.909 bits per heavy atom. The Bertz CT molecular complexity index is 1270. The van der Waals surface area contributed by atoms with Gasteiger partial charge in [-0.05, 0) is 96.5 Å². The van der Waals surface area contributed by atoms with Crippen LogP contribution in [-0.2, 0) is 5.41 Å². The van der Waals surface area contributed by atoms with E-state index in [1.165, 1.54) is 55.6 Å². The maximum atomic E-state index is 5.74. The molecule has 0 heterocycles. The standard InChI is InChI=1S/C31H30O2/c1-19-7-9-27-28-10-8-20(2)16-30(28)31(29(27)15-19,23-11-21(3)13-25(17-23)32-5)24-12-22(4)14-26(18-24)33-6/h7-18H,1-6H3. The van der Waals surface area contributed by atoms with Crippen LogP contribution in [0.1, 0.15) is 44.5 Å². The highest BCUT2D eigenvalue weighted by Crippen LogP contribution is 2.57. The maximum absolute atomic E-state index is 5.74. The first kappa shape index (κ1) is 21.3. The van der Waals surface area contributed by atoms with Gasteiger partial charge in [0.15, 0.2) is 0 Å². The summed E-state index contributed by atoms with van der Waals surface area (Å²) in [5.74, 6) is 1.75. The van der Waals surface area contributed by atoms with Crippen LogP contribution in [-0.4, -0.2) is 14.2 Å². The Balaban J connectivity index is 2.01. The summed E-state index contributed by atoms with van der Waals surface area (Å²) in [4.78, 5) is 0. The van der Waals surface area contributed by atoms with E-state index >= 15 is 0 Å². The molecule has 0 N–H and O–H groups in total. The fourth-order valence-corrected chi connectivity index (χ4v) is 5.50. The van der Waals surface area contributed by atoms with Gasteiger partial charge in [-0.2, -0.15) is 0 Å². The molecule has 0 fully saturated rings. The van der Waals surface area contributed by atoms with Gasteiger partial charge in [0.25, 0.3) is 0 Å². The lowest BCUT2D eigenvalue weighted by Gasteiger charge is -2.35. The Kier molecular flexibility index (Phi) is 5.05. The van der Waals surface area contributed by atoms with Gasteiger partial charge in [0.05, 0.1) is 19.6 Å². The molecular formula is C31H30O2. The van der Waals surface area contributed by atoms with Crippen molar-refractivity contribution in [2.75, 3.05) is 14.2 Å². The van der Waals surface area contributed by atoms with Crippen molar-refractivity contribution in [3.05, 3.63) is 117 Å². The van der Waals surface area contributed by atoms with E-state index in [0.717, 1.165) is 11.5 Å². The van der Waals surface area contributed by atoms with Crippen LogP contribution in [0, 0.1) is 27.7 Å². The quantitative estimate of drug-likeness (QED) is 0.295. The topological polar surface area (TPSA) is 18.5 Å². The van der Waals surface area contributed by atoms with Gasteiger partial charge >= 0.3 is 0 Å². The van der Waals surface area contributed by atoms with Crippen LogP contribution < -0.4 is 9.47 Å². The third-order valence-corrected chi connectivity index (χ3v) is 6.89. The predicted octanol–water partition coefficient (Wildman–Crippen LogP) is 7.30. The van der Waals surface area contributed by atoms with Gasteiger partial charge in [-0.1, -0.05) is 59.7 Å². The van der Waals surface area contributed by atoms with E-state index in [4.69, 9.17) is 9.47 Å². The number of methoxy groups -OCH3 is 2. The molecule has 2 heteroatoms. The fourth-order valence-electron chi connectivity index (χ4n) is 5.50. The number of ether oxygens (including phenoxy) is 2. The summed E-state index contributed by atoms with van der Waals surface area (Å²) in [5.41, 5.74) is 12.0. The first-order chi connectivity index (χ1) is 15.9. The summed E-state index contributed by atoms with van der Waals surface area (Å²) in [6, 6.07) is 26.9. The van der Waals surface area contributed by atoms with Crippen LogP contribution in [0.25, 0.3) is 11.1 Å². The highest BCUT2D eigenvalue weighted by molar-refractivity contribution is 5.87. The Hall–Kier alpha value is -3.52. The molecule has 0 saturated heterocycles. The molecule has 0 saturated carbocycles. The molecule has 1 aliphatic carbocycles. The number of fused-ring (bicyclic) bond motifs is 3. The molecule has 5 rings (SSSR count). The molecule has 2 nitrogen and oxygen atoms in total. The normalized spacial score (nSPS) is 13.4. The largest absolute Gasteiger partial charge is 0.497 e. The first-order valence-corrected chi connectivity index (χ1v) is 11.4. The van der Waals surface area contributed by atoms with Crippen LogP contribution in [0.4, 0.5) is 0 Å². The van der Waals surface area contributed by atoms with Crippen molar-refractivity contribution in [1.29, 1.82) is 0 Å². The summed E-state index contributed by atoms with van der Waals surface area (Å²) in [7, 11) is 3.48. The summed E-state index contributed by atoms with van der Waals surface area (Å²) < 4.78 is 11.5. The van der Waals surface area contributed by atoms with E-state index in [1.54, 1.807) is 14.2 Å². The predicted molar refractivity (Wildman–Crippen MR) is 136 cm³/mol. The number of rotatable bonds is 4. The first-order valence-electron chi connectivity index (χ1n) is 11.4. The van der Waals surface area contributed by atoms with Crippen LogP contribution in [0.2, 0.25) is 0 Å². The molecule has 0 aromatic heterocycles. The lowest BCUT2D eigenvalue weighted by molar-refractivity contribution is 0.412. The van der Waals surface area contributed by atoms with Crippen molar-refractivity contribution >= 4 is 0 Å². The van der Waals surface area contributed by atoms with E-state index in [2.05, 4.69) is 100 Å². The van der Waals surface area contributed by atoms with E-state index in [9.17, 15) is 0 Å². The second-order valence-corrected chi connectivity index (χ2v) is 9.33. The molecule has 4 aromatic rings. The SMILES string of the molecule is COc1cc(C)cc(C2(c3cc(C)cc(OC)c3)c3cc(C)ccc3-c3ccc(C)cc32)c1. The van der Waals surface area contributed by atoms with Crippen molar-refractivity contribution in [2.45, 2.75) is 33.1 Å². The lowest BCUT2D eigenvalue weighted by Crippen LogP contribution is -2.29. The minimum absolute atomic E-state index is 0.471. The lowest BCUT2D eigenvalue weighted by atomic mass is 9.66. The second-order valence-electron chi connectivity index (χ2n) is 9.33. The molecule has 4 aromatic carbocycles. The molecule has 0 unspecified atom stereocenters. The van der Waals surface area contributed by atoms with Crippen molar-refractivity contribution in [3.63, 3.8) is 0 Å². The molecule has 0 atom stereocenters. The maximum Gasteiger partial charge on any atom is 0.119 e. The Morgan fingerprint density at radius 1 is 0.485 bits per heavy atom. The van der Waals surface area contributed by atoms with Crippen molar-refractivity contribution in [3.8, 4) is 22.6 Å². The molecule has 0 amide bonds. The summed E-state index contributed by atoms with van der Waals surface area (Å²) >= 11 is 0. The molecule has 1 aliphatic rings. The van der Waals surface area contributed by atoms with Gasteiger partial charge < -0.3 is 9.47 Å². The Labute approximate surface area is 196 Å². The average molecular weight is 435 g/mol. The molecule has 0 aliphatic heterocycles. The van der Waals surface area contributed by atoms with Crippen LogP contribution in [0.5, 0.6) is 11.5 Å². The Morgan fingerprint density at radius 3 is 1.30 bits per heavy atom. The van der Waals surface area contributed by atoms with Gasteiger partial charge in [0.2, 0.25) is 0 Å². The molecule has 0 bridgehead atoms. The van der Waals surface area contributed by atoms with Gasteiger partial charge in [-0.25, -0.2) is 0 Å². The average Bonchev–Trinajstić information content (AvgIpc) is 3.07. The van der Waals surface area contributed by atoms with Gasteiger partial charge in [0.1, 0.15) is 11.5 Å². The monoisotopic (exact) mass is 434 g/mol. The van der Waals surface area contributed by atoms with Crippen molar-refractivity contribution in [1.82, 2.24) is 0 Å². The van der Waals surface area contributed by atoms with Crippen molar-refractivity contribution < 1.29 is 9.47 Å². The van der Waals surface area contributed by atoms with E-state index in [0.29, 0.717) is 0 Å². The van der Waals surface area contributed by atoms with E-state index in [-0.39, 0.29) is 0 Å². The van der Waals surface area contributed by atoms with E-state index < -0.39 is 5.41 Å². The van der Waals surface area contributed by atoms with Crippen LogP contribution in [0.15, 0.2) is 72.8 Å².